The van der Waals surface area contributed by atoms with Crippen molar-refractivity contribution in [3.63, 3.8) is 0 Å². The summed E-state index contributed by atoms with van der Waals surface area (Å²) in [5.74, 6) is -1.14. The molecule has 12 heteroatoms. The normalized spacial score (nSPS) is 12.8. The van der Waals surface area contributed by atoms with E-state index in [9.17, 15) is 22.8 Å². The van der Waals surface area contributed by atoms with Gasteiger partial charge in [0.05, 0.1) is 23.7 Å². The molecule has 0 aliphatic heterocycles. The van der Waals surface area contributed by atoms with Crippen molar-refractivity contribution in [1.82, 2.24) is 10.6 Å². The zero-order chi connectivity index (χ0) is 41.8. The average molecular weight is 822 g/mol. The fraction of sp³-hybridized carbons (Fsp3) is 0.283. The molecular weight excluding hydrogens is 771 g/mol. The Morgan fingerprint density at radius 2 is 1.24 bits per heavy atom. The molecule has 5 aromatic rings. The van der Waals surface area contributed by atoms with Crippen LogP contribution < -0.4 is 16.0 Å². The van der Waals surface area contributed by atoms with E-state index in [1.807, 2.05) is 112 Å². The predicted molar refractivity (Wildman–Crippen MR) is 233 cm³/mol. The van der Waals surface area contributed by atoms with Gasteiger partial charge in [0, 0.05) is 29.8 Å². The monoisotopic (exact) mass is 821 g/mol. The molecule has 0 heterocycles. The number of methoxy groups -OCH3 is 1. The average Bonchev–Trinajstić information content (AvgIpc) is 3.21. The van der Waals surface area contributed by atoms with E-state index in [1.54, 1.807) is 23.9 Å². The SMILES string of the molecule is COC(=O)[C@H](CCS(C)(=O)=O)NC(=O)c1ccc(NC[C@H](CSC(c2ccccc2)(c2ccccc2)c2ccccc2)NC(=O)OC(C)(C)C)cc1-c1ccccc1. The van der Waals surface area contributed by atoms with E-state index < -0.39 is 50.2 Å². The molecule has 0 fully saturated rings. The Labute approximate surface area is 346 Å². The van der Waals surface area contributed by atoms with Crippen molar-refractivity contribution in [2.24, 2.45) is 0 Å². The van der Waals surface area contributed by atoms with E-state index in [0.29, 0.717) is 23.5 Å². The lowest BCUT2D eigenvalue weighted by atomic mass is 9.84. The van der Waals surface area contributed by atoms with Crippen molar-refractivity contribution in [3.05, 3.63) is 162 Å². The second-order valence-corrected chi connectivity index (χ2v) is 18.4. The van der Waals surface area contributed by atoms with Crippen molar-refractivity contribution in [1.29, 1.82) is 0 Å². The molecule has 0 aliphatic carbocycles. The molecule has 5 aromatic carbocycles. The van der Waals surface area contributed by atoms with Crippen LogP contribution in [0, 0.1) is 0 Å². The number of esters is 1. The first kappa shape index (κ1) is 43.5. The molecule has 0 radical (unpaired) electrons. The number of benzene rings is 5. The van der Waals surface area contributed by atoms with Crippen molar-refractivity contribution in [3.8, 4) is 11.1 Å². The Morgan fingerprint density at radius 3 is 1.72 bits per heavy atom. The molecular formula is C46H51N3O7S2. The van der Waals surface area contributed by atoms with Gasteiger partial charge in [0.1, 0.15) is 21.5 Å². The molecule has 0 spiro atoms. The summed E-state index contributed by atoms with van der Waals surface area (Å²) in [4.78, 5) is 39.7. The number of amides is 2. The number of hydrogen-bond donors (Lipinski definition) is 3. The van der Waals surface area contributed by atoms with Gasteiger partial charge < -0.3 is 25.4 Å². The molecule has 5 rings (SSSR count). The fourth-order valence-electron chi connectivity index (χ4n) is 6.53. The second-order valence-electron chi connectivity index (χ2n) is 14.9. The highest BCUT2D eigenvalue weighted by atomic mass is 32.2. The van der Waals surface area contributed by atoms with Gasteiger partial charge >= 0.3 is 12.1 Å². The minimum absolute atomic E-state index is 0.137. The van der Waals surface area contributed by atoms with Crippen molar-refractivity contribution in [2.45, 2.75) is 49.6 Å². The van der Waals surface area contributed by atoms with Crippen LogP contribution >= 0.6 is 11.8 Å². The molecule has 3 N–H and O–H groups in total. The molecule has 0 bridgehead atoms. The van der Waals surface area contributed by atoms with Crippen LogP contribution in [0.4, 0.5) is 10.5 Å². The van der Waals surface area contributed by atoms with E-state index >= 15 is 0 Å². The van der Waals surface area contributed by atoms with Gasteiger partial charge in [-0.05, 0) is 73.2 Å². The molecule has 2 amide bonds. The number of nitrogens with one attached hydrogen (secondary N) is 3. The third-order valence-corrected chi connectivity index (χ3v) is 11.9. The molecule has 0 saturated carbocycles. The van der Waals surface area contributed by atoms with Gasteiger partial charge in [0.2, 0.25) is 0 Å². The van der Waals surface area contributed by atoms with E-state index in [1.165, 1.54) is 7.11 Å². The topological polar surface area (TPSA) is 140 Å². The number of thioether (sulfide) groups is 1. The lowest BCUT2D eigenvalue weighted by molar-refractivity contribution is -0.142. The number of hydrogen-bond acceptors (Lipinski definition) is 9. The molecule has 2 atom stereocenters. The number of rotatable bonds is 17. The lowest BCUT2D eigenvalue weighted by Gasteiger charge is -2.37. The number of carbonyl (C=O) groups excluding carboxylic acids is 3. The smallest absolute Gasteiger partial charge is 0.407 e. The van der Waals surface area contributed by atoms with Gasteiger partial charge in [-0.2, -0.15) is 0 Å². The molecule has 0 aliphatic rings. The fourth-order valence-corrected chi connectivity index (χ4v) is 8.75. The van der Waals surface area contributed by atoms with E-state index in [4.69, 9.17) is 9.47 Å². The van der Waals surface area contributed by atoms with Crippen LogP contribution in [0.15, 0.2) is 140 Å². The van der Waals surface area contributed by atoms with Crippen molar-refractivity contribution < 1.29 is 32.3 Å². The van der Waals surface area contributed by atoms with Crippen LogP contribution in [-0.4, -0.2) is 75.5 Å². The predicted octanol–water partition coefficient (Wildman–Crippen LogP) is 8.09. The summed E-state index contributed by atoms with van der Waals surface area (Å²) in [5.41, 5.74) is 4.85. The Balaban J connectivity index is 1.48. The van der Waals surface area contributed by atoms with Gasteiger partial charge in [0.15, 0.2) is 0 Å². The molecule has 0 saturated heterocycles. The first-order valence-electron chi connectivity index (χ1n) is 19.0. The Morgan fingerprint density at radius 1 is 0.724 bits per heavy atom. The third-order valence-electron chi connectivity index (χ3n) is 9.23. The van der Waals surface area contributed by atoms with Crippen LogP contribution in [0.2, 0.25) is 0 Å². The molecule has 10 nitrogen and oxygen atoms in total. The zero-order valence-corrected chi connectivity index (χ0v) is 35.1. The van der Waals surface area contributed by atoms with Gasteiger partial charge in [-0.25, -0.2) is 18.0 Å². The van der Waals surface area contributed by atoms with Crippen molar-refractivity contribution >= 4 is 45.3 Å². The van der Waals surface area contributed by atoms with Crippen LogP contribution in [0.3, 0.4) is 0 Å². The van der Waals surface area contributed by atoms with E-state index in [0.717, 1.165) is 28.5 Å². The van der Waals surface area contributed by atoms with E-state index in [2.05, 4.69) is 52.3 Å². The van der Waals surface area contributed by atoms with Crippen LogP contribution in [0.5, 0.6) is 0 Å². The Hall–Kier alpha value is -5.59. The number of ether oxygens (including phenoxy) is 2. The number of anilines is 1. The maximum absolute atomic E-state index is 13.8. The van der Waals surface area contributed by atoms with Gasteiger partial charge in [-0.1, -0.05) is 121 Å². The Kier molecular flexibility index (Phi) is 14.8. The van der Waals surface area contributed by atoms with Gasteiger partial charge in [-0.3, -0.25) is 4.79 Å². The summed E-state index contributed by atoms with van der Waals surface area (Å²) in [5, 5.41) is 9.29. The highest BCUT2D eigenvalue weighted by Crippen LogP contribution is 2.48. The van der Waals surface area contributed by atoms with Crippen LogP contribution in [0.1, 0.15) is 54.2 Å². The lowest BCUT2D eigenvalue weighted by Crippen LogP contribution is -2.45. The first-order chi connectivity index (χ1) is 27.7. The number of alkyl carbamates (subject to hydrolysis) is 1. The van der Waals surface area contributed by atoms with Crippen LogP contribution in [0.25, 0.3) is 11.1 Å². The van der Waals surface area contributed by atoms with Gasteiger partial charge in [0.25, 0.3) is 5.91 Å². The van der Waals surface area contributed by atoms with Gasteiger partial charge in [-0.15, -0.1) is 11.8 Å². The highest BCUT2D eigenvalue weighted by molar-refractivity contribution is 8.00. The molecule has 0 aromatic heterocycles. The summed E-state index contributed by atoms with van der Waals surface area (Å²) in [6, 6.07) is 44.0. The second kappa shape index (κ2) is 19.7. The quantitative estimate of drug-likeness (QED) is 0.0628. The minimum atomic E-state index is -3.41. The van der Waals surface area contributed by atoms with E-state index in [-0.39, 0.29) is 17.7 Å². The summed E-state index contributed by atoms with van der Waals surface area (Å²) in [6.07, 6.45) is 0.389. The standard InChI is InChI=1S/C46H51N3O7S2/c1-45(2,3)56-44(52)48-38(32-57-46(34-20-12-7-13-21-34,35-22-14-8-15-23-35)36-24-16-9-17-25-36)31-47-37-26-27-39(40(30-37)33-18-10-6-11-19-33)42(50)49-41(43(51)55-4)28-29-58(5,53)54/h6-27,30,38,41,47H,28-29,31-32H2,1-5H3,(H,48,52)(H,49,50)/t38-,41+/m1/s1. The highest BCUT2D eigenvalue weighted by Gasteiger charge is 2.38. The van der Waals surface area contributed by atoms with Crippen LogP contribution in [-0.2, 0) is 28.9 Å². The summed E-state index contributed by atoms with van der Waals surface area (Å²) in [6.45, 7) is 5.77. The maximum Gasteiger partial charge on any atom is 0.407 e. The zero-order valence-electron chi connectivity index (χ0n) is 33.4. The maximum atomic E-state index is 13.8. The number of carbonyl (C=O) groups is 3. The van der Waals surface area contributed by atoms with Crippen molar-refractivity contribution in [2.75, 3.05) is 36.7 Å². The molecule has 58 heavy (non-hydrogen) atoms. The summed E-state index contributed by atoms with van der Waals surface area (Å²) < 4.78 is 33.7. The minimum Gasteiger partial charge on any atom is -0.467 e. The Bertz CT molecular complexity index is 2140. The summed E-state index contributed by atoms with van der Waals surface area (Å²) in [7, 11) is -2.22. The molecule has 0 unspecified atom stereocenters. The number of sulfone groups is 1. The largest absolute Gasteiger partial charge is 0.467 e. The summed E-state index contributed by atoms with van der Waals surface area (Å²) >= 11 is 1.71. The first-order valence-corrected chi connectivity index (χ1v) is 22.0. The molecule has 304 valence electrons. The third kappa shape index (κ3) is 12.0.